The van der Waals surface area contributed by atoms with Gasteiger partial charge in [0.25, 0.3) is 0 Å². The lowest BCUT2D eigenvalue weighted by Gasteiger charge is -2.18. The van der Waals surface area contributed by atoms with Crippen LogP contribution in [0.2, 0.25) is 0 Å². The van der Waals surface area contributed by atoms with Crippen LogP contribution in [0, 0.1) is 0 Å². The molecule has 0 saturated carbocycles. The lowest BCUT2D eigenvalue weighted by molar-refractivity contribution is -0.167. The molecule has 0 amide bonds. The second kappa shape index (κ2) is 49.0. The summed E-state index contributed by atoms with van der Waals surface area (Å²) in [7, 11) is 0. The molecule has 6 nitrogen and oxygen atoms in total. The fourth-order valence-corrected chi connectivity index (χ4v) is 6.52. The first-order valence-electron chi connectivity index (χ1n) is 24.8. The SMILES string of the molecule is CC\C=C/C=C\C=C/C=C\C=C/CCCCCC(=O)OC(COC(=O)CCCCCCC\C=C/C=C\C=C/CCCCCCC)COC(=O)CCCCCCCCCCCC. The summed E-state index contributed by atoms with van der Waals surface area (Å²) >= 11 is 0. The molecular formula is C55H90O6. The summed E-state index contributed by atoms with van der Waals surface area (Å²) in [6, 6.07) is 0. The molecule has 6 heteroatoms. The number of allylic oxidation sites excluding steroid dienone is 16. The van der Waals surface area contributed by atoms with E-state index in [2.05, 4.69) is 69.4 Å². The summed E-state index contributed by atoms with van der Waals surface area (Å²) in [5.41, 5.74) is 0. The smallest absolute Gasteiger partial charge is 0.306 e. The third-order valence-corrected chi connectivity index (χ3v) is 10.3. The molecular weight excluding hydrogens is 757 g/mol. The molecule has 0 bridgehead atoms. The second-order valence-corrected chi connectivity index (χ2v) is 16.2. The van der Waals surface area contributed by atoms with Crippen LogP contribution in [-0.4, -0.2) is 37.2 Å². The molecule has 0 radical (unpaired) electrons. The third-order valence-electron chi connectivity index (χ3n) is 10.3. The average Bonchev–Trinajstić information content (AvgIpc) is 3.26. The Morgan fingerprint density at radius 3 is 1.02 bits per heavy atom. The van der Waals surface area contributed by atoms with Gasteiger partial charge in [-0.3, -0.25) is 14.4 Å². The molecule has 0 rings (SSSR count). The van der Waals surface area contributed by atoms with Crippen LogP contribution in [0.5, 0.6) is 0 Å². The van der Waals surface area contributed by atoms with Gasteiger partial charge in [0.15, 0.2) is 6.10 Å². The number of carbonyl (C=O) groups is 3. The molecule has 61 heavy (non-hydrogen) atoms. The van der Waals surface area contributed by atoms with Gasteiger partial charge in [-0.1, -0.05) is 227 Å². The highest BCUT2D eigenvalue weighted by Gasteiger charge is 2.19. The summed E-state index contributed by atoms with van der Waals surface area (Å²) in [6.07, 6.45) is 63.9. The van der Waals surface area contributed by atoms with Crippen molar-refractivity contribution in [1.29, 1.82) is 0 Å². The quantitative estimate of drug-likeness (QED) is 0.0263. The van der Waals surface area contributed by atoms with Crippen molar-refractivity contribution < 1.29 is 28.6 Å². The van der Waals surface area contributed by atoms with Crippen molar-refractivity contribution in [2.45, 2.75) is 219 Å². The van der Waals surface area contributed by atoms with Crippen molar-refractivity contribution >= 4 is 17.9 Å². The van der Waals surface area contributed by atoms with E-state index in [1.165, 1.54) is 77.0 Å². The topological polar surface area (TPSA) is 78.9 Å². The number of unbranched alkanes of at least 4 members (excludes halogenated alkanes) is 22. The first kappa shape index (κ1) is 57.3. The monoisotopic (exact) mass is 847 g/mol. The van der Waals surface area contributed by atoms with Gasteiger partial charge in [-0.05, 0) is 64.2 Å². The maximum absolute atomic E-state index is 12.7. The molecule has 346 valence electrons. The van der Waals surface area contributed by atoms with Gasteiger partial charge in [0.2, 0.25) is 0 Å². The van der Waals surface area contributed by atoms with Crippen LogP contribution >= 0.6 is 0 Å². The normalized spacial score (nSPS) is 12.9. The molecule has 0 aliphatic rings. The van der Waals surface area contributed by atoms with Gasteiger partial charge >= 0.3 is 17.9 Å². The van der Waals surface area contributed by atoms with Crippen LogP contribution < -0.4 is 0 Å². The minimum absolute atomic E-state index is 0.102. The van der Waals surface area contributed by atoms with Gasteiger partial charge in [-0.15, -0.1) is 0 Å². The second-order valence-electron chi connectivity index (χ2n) is 16.2. The van der Waals surface area contributed by atoms with E-state index in [0.717, 1.165) is 89.9 Å². The molecule has 0 aliphatic carbocycles. The molecule has 0 N–H and O–H groups in total. The van der Waals surface area contributed by atoms with Gasteiger partial charge in [0.1, 0.15) is 13.2 Å². The van der Waals surface area contributed by atoms with Gasteiger partial charge in [0.05, 0.1) is 0 Å². The summed E-state index contributed by atoms with van der Waals surface area (Å²) in [4.78, 5) is 37.9. The average molecular weight is 847 g/mol. The van der Waals surface area contributed by atoms with Crippen LogP contribution in [0.3, 0.4) is 0 Å². The molecule has 0 aromatic carbocycles. The molecule has 0 fully saturated rings. The van der Waals surface area contributed by atoms with Crippen LogP contribution in [0.1, 0.15) is 213 Å². The molecule has 0 aromatic heterocycles. The highest BCUT2D eigenvalue weighted by molar-refractivity contribution is 5.71. The fraction of sp³-hybridized carbons (Fsp3) is 0.655. The number of carbonyl (C=O) groups excluding carboxylic acids is 3. The van der Waals surface area contributed by atoms with E-state index >= 15 is 0 Å². The first-order valence-corrected chi connectivity index (χ1v) is 24.8. The van der Waals surface area contributed by atoms with Crippen LogP contribution in [0.4, 0.5) is 0 Å². The predicted molar refractivity (Wildman–Crippen MR) is 260 cm³/mol. The Labute approximate surface area is 375 Å². The van der Waals surface area contributed by atoms with E-state index in [0.29, 0.717) is 19.3 Å². The zero-order valence-corrected chi connectivity index (χ0v) is 39.4. The van der Waals surface area contributed by atoms with E-state index in [1.807, 2.05) is 48.6 Å². The van der Waals surface area contributed by atoms with Crippen molar-refractivity contribution in [3.8, 4) is 0 Å². The Morgan fingerprint density at radius 1 is 0.344 bits per heavy atom. The zero-order chi connectivity index (χ0) is 44.4. The predicted octanol–water partition coefficient (Wildman–Crippen LogP) is 16.2. The van der Waals surface area contributed by atoms with Crippen LogP contribution in [0.25, 0.3) is 0 Å². The number of esters is 3. The summed E-state index contributed by atoms with van der Waals surface area (Å²) in [5, 5.41) is 0. The number of rotatable bonds is 43. The lowest BCUT2D eigenvalue weighted by Crippen LogP contribution is -2.30. The van der Waals surface area contributed by atoms with E-state index in [1.54, 1.807) is 0 Å². The van der Waals surface area contributed by atoms with Crippen molar-refractivity contribution in [2.24, 2.45) is 0 Å². The van der Waals surface area contributed by atoms with Crippen molar-refractivity contribution in [3.05, 3.63) is 97.2 Å². The summed E-state index contributed by atoms with van der Waals surface area (Å²) < 4.78 is 16.7. The van der Waals surface area contributed by atoms with E-state index < -0.39 is 6.10 Å². The Balaban J connectivity index is 4.49. The highest BCUT2D eigenvalue weighted by atomic mass is 16.6. The number of ether oxygens (including phenoxy) is 3. The van der Waals surface area contributed by atoms with Crippen molar-refractivity contribution in [1.82, 2.24) is 0 Å². The highest BCUT2D eigenvalue weighted by Crippen LogP contribution is 2.13. The van der Waals surface area contributed by atoms with Gasteiger partial charge < -0.3 is 14.2 Å². The first-order chi connectivity index (χ1) is 30.0. The van der Waals surface area contributed by atoms with Gasteiger partial charge in [-0.25, -0.2) is 0 Å². The minimum Gasteiger partial charge on any atom is -0.462 e. The standard InChI is InChI=1S/C55H90O6/c1-4-7-10-13-16-19-22-24-26-27-28-30-31-33-36-39-42-45-48-54(57)60-51-52(50-59-53(56)47-44-41-38-35-21-18-15-12-9-6-3)61-55(58)49-46-43-40-37-34-32-29-25-23-20-17-14-11-8-5-2/h8,11,14,17,20,22-30,32,34,52H,4-7,9-10,12-13,15-16,18-19,21,31,33,35-51H2,1-3H3/b11-8-,17-14-,23-20-,24-22-,27-26-,29-25-,30-28-,34-32-. The minimum atomic E-state index is -0.806. The Hall–Kier alpha value is -3.67. The van der Waals surface area contributed by atoms with E-state index in [4.69, 9.17) is 14.2 Å². The lowest BCUT2D eigenvalue weighted by atomic mass is 10.1. The maximum atomic E-state index is 12.7. The molecule has 0 saturated heterocycles. The Bertz CT molecular complexity index is 1250. The largest absolute Gasteiger partial charge is 0.462 e. The molecule has 0 spiro atoms. The van der Waals surface area contributed by atoms with Crippen LogP contribution in [-0.2, 0) is 28.6 Å². The molecule has 1 unspecified atom stereocenters. The van der Waals surface area contributed by atoms with Crippen molar-refractivity contribution in [2.75, 3.05) is 13.2 Å². The number of hydrogen-bond acceptors (Lipinski definition) is 6. The molecule has 0 heterocycles. The van der Waals surface area contributed by atoms with Crippen LogP contribution in [0.15, 0.2) is 97.2 Å². The zero-order valence-electron chi connectivity index (χ0n) is 39.4. The van der Waals surface area contributed by atoms with Gasteiger partial charge in [0, 0.05) is 19.3 Å². The fourth-order valence-electron chi connectivity index (χ4n) is 6.52. The Kier molecular flexibility index (Phi) is 46.0. The molecule has 1 atom stereocenters. The summed E-state index contributed by atoms with van der Waals surface area (Å²) in [5.74, 6) is -0.971. The maximum Gasteiger partial charge on any atom is 0.306 e. The van der Waals surface area contributed by atoms with E-state index in [-0.39, 0.29) is 37.5 Å². The number of hydrogen-bond donors (Lipinski definition) is 0. The third kappa shape index (κ3) is 47.2. The molecule has 0 aliphatic heterocycles. The Morgan fingerprint density at radius 2 is 0.639 bits per heavy atom. The van der Waals surface area contributed by atoms with Gasteiger partial charge in [-0.2, -0.15) is 0 Å². The van der Waals surface area contributed by atoms with E-state index in [9.17, 15) is 14.4 Å². The summed E-state index contributed by atoms with van der Waals surface area (Å²) in [6.45, 7) is 6.40. The van der Waals surface area contributed by atoms with Crippen molar-refractivity contribution in [3.63, 3.8) is 0 Å². The molecule has 0 aromatic rings.